The van der Waals surface area contributed by atoms with Gasteiger partial charge in [-0.1, -0.05) is 24.3 Å². The molecule has 0 radical (unpaired) electrons. The van der Waals surface area contributed by atoms with E-state index >= 15 is 0 Å². The molecular weight excluding hydrogens is 343 g/mol. The van der Waals surface area contributed by atoms with Crippen molar-refractivity contribution in [3.63, 3.8) is 0 Å². The van der Waals surface area contributed by atoms with Crippen molar-refractivity contribution < 1.29 is 13.9 Å². The molecule has 0 bridgehead atoms. The van der Waals surface area contributed by atoms with Gasteiger partial charge in [0.05, 0.1) is 7.11 Å². The molecule has 27 heavy (non-hydrogen) atoms. The first-order chi connectivity index (χ1) is 13.2. The summed E-state index contributed by atoms with van der Waals surface area (Å²) in [6.07, 6.45) is 3.27. The molecule has 1 heterocycles. The summed E-state index contributed by atoms with van der Waals surface area (Å²) < 4.78 is 18.2. The van der Waals surface area contributed by atoms with Gasteiger partial charge in [0.1, 0.15) is 11.6 Å². The minimum atomic E-state index is -0.225. The molecule has 5 heteroatoms. The van der Waals surface area contributed by atoms with Gasteiger partial charge in [-0.15, -0.1) is 0 Å². The molecule has 1 unspecified atom stereocenters. The standard InChI is InChI=1S/C22H27FN2O2/c1-27-21-9-4-18(5-10-21)16-24-14-12-20-8-11-22(26)25(20)15-13-17-2-6-19(23)7-3-17/h2-7,9-10,20,24H,8,11-16H2,1H3. The smallest absolute Gasteiger partial charge is 0.222 e. The summed E-state index contributed by atoms with van der Waals surface area (Å²) >= 11 is 0. The summed E-state index contributed by atoms with van der Waals surface area (Å²) in [6, 6.07) is 14.9. The monoisotopic (exact) mass is 370 g/mol. The van der Waals surface area contributed by atoms with Crippen molar-refractivity contribution in [3.05, 3.63) is 65.5 Å². The molecule has 144 valence electrons. The van der Waals surface area contributed by atoms with E-state index in [1.54, 1.807) is 19.2 Å². The van der Waals surface area contributed by atoms with E-state index in [2.05, 4.69) is 17.4 Å². The van der Waals surface area contributed by atoms with Crippen LogP contribution in [0.4, 0.5) is 4.39 Å². The fraction of sp³-hybridized carbons (Fsp3) is 0.409. The maximum atomic E-state index is 13.0. The van der Waals surface area contributed by atoms with E-state index in [0.717, 1.165) is 43.7 Å². The maximum Gasteiger partial charge on any atom is 0.222 e. The van der Waals surface area contributed by atoms with Crippen molar-refractivity contribution in [1.29, 1.82) is 0 Å². The number of carbonyl (C=O) groups excluding carboxylic acids is 1. The molecule has 0 saturated carbocycles. The minimum Gasteiger partial charge on any atom is -0.497 e. The molecule has 0 aromatic heterocycles. The van der Waals surface area contributed by atoms with Gasteiger partial charge in [-0.2, -0.15) is 0 Å². The lowest BCUT2D eigenvalue weighted by Crippen LogP contribution is -2.36. The van der Waals surface area contributed by atoms with E-state index in [0.29, 0.717) is 19.0 Å². The largest absolute Gasteiger partial charge is 0.497 e. The van der Waals surface area contributed by atoms with Crippen molar-refractivity contribution in [2.24, 2.45) is 0 Å². The predicted octanol–water partition coefficient (Wildman–Crippen LogP) is 3.55. The number of benzene rings is 2. The highest BCUT2D eigenvalue weighted by Gasteiger charge is 2.29. The van der Waals surface area contributed by atoms with Gasteiger partial charge in [-0.25, -0.2) is 4.39 Å². The molecule has 1 saturated heterocycles. The van der Waals surface area contributed by atoms with Crippen LogP contribution in [0.15, 0.2) is 48.5 Å². The van der Waals surface area contributed by atoms with Crippen LogP contribution in [-0.2, 0) is 17.8 Å². The van der Waals surface area contributed by atoms with Gasteiger partial charge in [0, 0.05) is 25.6 Å². The Morgan fingerprint density at radius 1 is 1.11 bits per heavy atom. The Kier molecular flexibility index (Phi) is 6.82. The van der Waals surface area contributed by atoms with Crippen LogP contribution in [0.2, 0.25) is 0 Å². The molecule has 1 aliphatic heterocycles. The van der Waals surface area contributed by atoms with Crippen LogP contribution in [0.1, 0.15) is 30.4 Å². The number of likely N-dealkylation sites (tertiary alicyclic amines) is 1. The predicted molar refractivity (Wildman–Crippen MR) is 104 cm³/mol. The molecule has 3 rings (SSSR count). The van der Waals surface area contributed by atoms with E-state index in [4.69, 9.17) is 4.74 Å². The molecule has 2 aromatic carbocycles. The number of rotatable bonds is 9. The number of ether oxygens (including phenoxy) is 1. The van der Waals surface area contributed by atoms with Gasteiger partial charge in [0.25, 0.3) is 0 Å². The number of hydrogen-bond donors (Lipinski definition) is 1. The maximum absolute atomic E-state index is 13.0. The van der Waals surface area contributed by atoms with Crippen molar-refractivity contribution in [3.8, 4) is 5.75 Å². The van der Waals surface area contributed by atoms with Crippen LogP contribution in [0.25, 0.3) is 0 Å². The first-order valence-electron chi connectivity index (χ1n) is 9.53. The second-order valence-electron chi connectivity index (χ2n) is 6.97. The van der Waals surface area contributed by atoms with Crippen LogP contribution in [0, 0.1) is 5.82 Å². The van der Waals surface area contributed by atoms with Crippen LogP contribution >= 0.6 is 0 Å². The Balaban J connectivity index is 1.42. The van der Waals surface area contributed by atoms with Gasteiger partial charge in [-0.3, -0.25) is 4.79 Å². The molecule has 1 atom stereocenters. The number of nitrogens with one attached hydrogen (secondary N) is 1. The zero-order valence-electron chi connectivity index (χ0n) is 15.8. The average molecular weight is 370 g/mol. The summed E-state index contributed by atoms with van der Waals surface area (Å²) in [5.41, 5.74) is 2.28. The molecular formula is C22H27FN2O2. The zero-order valence-corrected chi connectivity index (χ0v) is 15.8. The molecule has 2 aromatic rings. The summed E-state index contributed by atoms with van der Waals surface area (Å²) in [5.74, 6) is 0.870. The summed E-state index contributed by atoms with van der Waals surface area (Å²) in [5, 5.41) is 3.46. The Hall–Kier alpha value is -2.40. The lowest BCUT2D eigenvalue weighted by molar-refractivity contribution is -0.129. The first kappa shape index (κ1) is 19.4. The topological polar surface area (TPSA) is 41.6 Å². The van der Waals surface area contributed by atoms with Crippen molar-refractivity contribution in [1.82, 2.24) is 10.2 Å². The normalized spacial score (nSPS) is 16.7. The SMILES string of the molecule is COc1ccc(CNCCC2CCC(=O)N2CCc2ccc(F)cc2)cc1. The third-order valence-corrected chi connectivity index (χ3v) is 5.15. The second kappa shape index (κ2) is 9.51. The number of halogens is 1. The Morgan fingerprint density at radius 2 is 1.81 bits per heavy atom. The first-order valence-corrected chi connectivity index (χ1v) is 9.53. The van der Waals surface area contributed by atoms with Crippen LogP contribution < -0.4 is 10.1 Å². The summed E-state index contributed by atoms with van der Waals surface area (Å²) in [4.78, 5) is 14.2. The van der Waals surface area contributed by atoms with Crippen LogP contribution in [-0.4, -0.2) is 37.0 Å². The van der Waals surface area contributed by atoms with Gasteiger partial charge >= 0.3 is 0 Å². The molecule has 1 aliphatic rings. The van der Waals surface area contributed by atoms with E-state index in [1.165, 1.54) is 17.7 Å². The highest BCUT2D eigenvalue weighted by Crippen LogP contribution is 2.22. The van der Waals surface area contributed by atoms with Gasteiger partial charge < -0.3 is 15.0 Å². The molecule has 1 N–H and O–H groups in total. The van der Waals surface area contributed by atoms with Crippen molar-refractivity contribution in [2.45, 2.75) is 38.3 Å². The quantitative estimate of drug-likeness (QED) is 0.687. The van der Waals surface area contributed by atoms with Gasteiger partial charge in [-0.05, 0) is 61.2 Å². The molecule has 4 nitrogen and oxygen atoms in total. The van der Waals surface area contributed by atoms with E-state index < -0.39 is 0 Å². The zero-order chi connectivity index (χ0) is 19.1. The lowest BCUT2D eigenvalue weighted by atomic mass is 10.1. The molecule has 1 amide bonds. The highest BCUT2D eigenvalue weighted by atomic mass is 19.1. The van der Waals surface area contributed by atoms with Crippen LogP contribution in [0.3, 0.4) is 0 Å². The number of amides is 1. The van der Waals surface area contributed by atoms with Crippen molar-refractivity contribution >= 4 is 5.91 Å². The Bertz CT molecular complexity index is 731. The van der Waals surface area contributed by atoms with Gasteiger partial charge in [0.2, 0.25) is 5.91 Å². The molecule has 0 aliphatic carbocycles. The fourth-order valence-corrected chi connectivity index (χ4v) is 3.55. The fourth-order valence-electron chi connectivity index (χ4n) is 3.55. The minimum absolute atomic E-state index is 0.225. The third kappa shape index (κ3) is 5.54. The number of nitrogens with zero attached hydrogens (tertiary/aromatic N) is 1. The summed E-state index contributed by atoms with van der Waals surface area (Å²) in [6.45, 7) is 2.38. The van der Waals surface area contributed by atoms with Crippen molar-refractivity contribution in [2.75, 3.05) is 20.2 Å². The highest BCUT2D eigenvalue weighted by molar-refractivity contribution is 5.78. The van der Waals surface area contributed by atoms with Crippen LogP contribution in [0.5, 0.6) is 5.75 Å². The summed E-state index contributed by atoms with van der Waals surface area (Å²) in [7, 11) is 1.66. The Morgan fingerprint density at radius 3 is 2.52 bits per heavy atom. The van der Waals surface area contributed by atoms with E-state index in [9.17, 15) is 9.18 Å². The number of methoxy groups -OCH3 is 1. The Labute approximate surface area is 160 Å². The molecule has 0 spiro atoms. The van der Waals surface area contributed by atoms with E-state index in [1.807, 2.05) is 17.0 Å². The number of hydrogen-bond acceptors (Lipinski definition) is 3. The molecule has 1 fully saturated rings. The second-order valence-corrected chi connectivity index (χ2v) is 6.97. The van der Waals surface area contributed by atoms with Gasteiger partial charge in [0.15, 0.2) is 0 Å². The van der Waals surface area contributed by atoms with E-state index in [-0.39, 0.29) is 11.7 Å². The lowest BCUT2D eigenvalue weighted by Gasteiger charge is -2.25. The third-order valence-electron chi connectivity index (χ3n) is 5.15. The number of carbonyl (C=O) groups is 1. The average Bonchev–Trinajstić information content (AvgIpc) is 3.05.